The van der Waals surface area contributed by atoms with Crippen molar-refractivity contribution < 1.29 is 4.12 Å². The van der Waals surface area contributed by atoms with E-state index >= 15 is 0 Å². The maximum atomic E-state index is 7.85. The minimum atomic E-state index is -2.89. The molecule has 0 amide bonds. The van der Waals surface area contributed by atoms with E-state index in [0.717, 1.165) is 0 Å². The van der Waals surface area contributed by atoms with E-state index in [1.807, 2.05) is 0 Å². The minimum Gasteiger partial charge on any atom is -0.441 e. The molecule has 3 heteroatoms. The van der Waals surface area contributed by atoms with Gasteiger partial charge in [-0.3, -0.25) is 0 Å². The van der Waals surface area contributed by atoms with Crippen molar-refractivity contribution >= 4 is 43.3 Å². The van der Waals surface area contributed by atoms with Gasteiger partial charge in [-0.25, -0.2) is 0 Å². The van der Waals surface area contributed by atoms with Gasteiger partial charge in [0.05, 0.1) is 0 Å². The Labute approximate surface area is 230 Å². The lowest BCUT2D eigenvalue weighted by Crippen LogP contribution is -2.73. The average molecular weight is 529 g/mol. The second-order valence-corrected chi connectivity index (χ2v) is 16.7. The molecule has 0 fully saturated rings. The molecule has 0 radical (unpaired) electrons. The molecule has 38 heavy (non-hydrogen) atoms. The van der Waals surface area contributed by atoms with Gasteiger partial charge in [0.1, 0.15) is 0 Å². The third-order valence-corrected chi connectivity index (χ3v) is 15.2. The summed E-state index contributed by atoms with van der Waals surface area (Å²) in [5.41, 5.74) is 6.31. The van der Waals surface area contributed by atoms with Gasteiger partial charge in [0.15, 0.2) is 0 Å². The SMILES string of the molecule is Cc1ccc([SiH](O[Si](c2ccc(C)cc2)(c2ccc(C)cc2)c2ccc(C)cc2)c2ccc(C)cc2)cc1. The molecule has 190 valence electrons. The average Bonchev–Trinajstić information content (AvgIpc) is 2.93. The number of rotatable bonds is 7. The van der Waals surface area contributed by atoms with Crippen LogP contribution in [0.15, 0.2) is 121 Å². The van der Waals surface area contributed by atoms with Gasteiger partial charge in [0.25, 0.3) is 8.32 Å². The second-order valence-electron chi connectivity index (χ2n) is 10.6. The summed E-state index contributed by atoms with van der Waals surface area (Å²) >= 11 is 0. The van der Waals surface area contributed by atoms with Crippen molar-refractivity contribution in [3.05, 3.63) is 149 Å². The molecule has 0 N–H and O–H groups in total. The summed E-state index contributed by atoms with van der Waals surface area (Å²) in [7, 11) is -4.99. The molecule has 5 aromatic rings. The van der Waals surface area contributed by atoms with Crippen LogP contribution in [-0.4, -0.2) is 17.4 Å². The first-order valence-electron chi connectivity index (χ1n) is 13.4. The van der Waals surface area contributed by atoms with Crippen LogP contribution in [0.2, 0.25) is 0 Å². The second kappa shape index (κ2) is 11.1. The van der Waals surface area contributed by atoms with Gasteiger partial charge in [0, 0.05) is 0 Å². The quantitative estimate of drug-likeness (QED) is 0.219. The third-order valence-electron chi connectivity index (χ3n) is 7.43. The zero-order valence-corrected chi connectivity index (χ0v) is 25.2. The van der Waals surface area contributed by atoms with Crippen molar-refractivity contribution in [2.24, 2.45) is 0 Å². The zero-order valence-electron chi connectivity index (χ0n) is 23.0. The van der Waals surface area contributed by atoms with E-state index in [9.17, 15) is 0 Å². The molecule has 0 heterocycles. The Hall–Kier alpha value is -3.51. The van der Waals surface area contributed by atoms with Crippen LogP contribution in [-0.2, 0) is 4.12 Å². The number of hydrogen-bond acceptors (Lipinski definition) is 1. The maximum absolute atomic E-state index is 7.85. The topological polar surface area (TPSA) is 9.23 Å². The summed E-state index contributed by atoms with van der Waals surface area (Å²) in [5, 5.41) is 6.47. The fourth-order valence-electron chi connectivity index (χ4n) is 5.06. The highest BCUT2D eigenvalue weighted by molar-refractivity contribution is 7.11. The highest BCUT2D eigenvalue weighted by Gasteiger charge is 2.44. The zero-order chi connectivity index (χ0) is 26.7. The predicted molar refractivity (Wildman–Crippen MR) is 168 cm³/mol. The summed E-state index contributed by atoms with van der Waals surface area (Å²) in [6, 6.07) is 45.2. The van der Waals surface area contributed by atoms with Crippen LogP contribution in [0.4, 0.5) is 0 Å². The van der Waals surface area contributed by atoms with E-state index < -0.39 is 17.4 Å². The van der Waals surface area contributed by atoms with Crippen LogP contribution in [0.3, 0.4) is 0 Å². The Bertz CT molecular complexity index is 1330. The monoisotopic (exact) mass is 528 g/mol. The molecule has 0 spiro atoms. The molecule has 0 atom stereocenters. The lowest BCUT2D eigenvalue weighted by atomic mass is 10.2. The number of hydrogen-bond donors (Lipinski definition) is 0. The molecule has 0 bridgehead atoms. The van der Waals surface area contributed by atoms with Gasteiger partial charge in [-0.1, -0.05) is 149 Å². The first-order chi connectivity index (χ1) is 18.3. The lowest BCUT2D eigenvalue weighted by Gasteiger charge is -2.37. The third kappa shape index (κ3) is 5.37. The molecule has 0 aromatic heterocycles. The molecular formula is C35H36OSi2. The van der Waals surface area contributed by atoms with Crippen LogP contribution >= 0.6 is 0 Å². The first kappa shape index (κ1) is 26.1. The summed E-state index contributed by atoms with van der Waals surface area (Å²) in [6.07, 6.45) is 0. The van der Waals surface area contributed by atoms with Crippen LogP contribution in [0.1, 0.15) is 27.8 Å². The summed E-state index contributed by atoms with van der Waals surface area (Å²) < 4.78 is 7.85. The molecule has 0 saturated heterocycles. The summed E-state index contributed by atoms with van der Waals surface area (Å²) in [5.74, 6) is 0. The molecular weight excluding hydrogens is 493 g/mol. The number of aryl methyl sites for hydroxylation is 5. The molecule has 1 nitrogen and oxygen atoms in total. The molecule has 0 saturated carbocycles. The van der Waals surface area contributed by atoms with Crippen LogP contribution in [0.25, 0.3) is 0 Å². The molecule has 0 unspecified atom stereocenters. The van der Waals surface area contributed by atoms with Crippen molar-refractivity contribution in [2.75, 3.05) is 0 Å². The van der Waals surface area contributed by atoms with Crippen molar-refractivity contribution in [3.63, 3.8) is 0 Å². The highest BCUT2D eigenvalue weighted by Crippen LogP contribution is 2.15. The molecule has 0 aliphatic carbocycles. The highest BCUT2D eigenvalue weighted by atomic mass is 28.4. The van der Waals surface area contributed by atoms with Crippen molar-refractivity contribution in [2.45, 2.75) is 34.6 Å². The largest absolute Gasteiger partial charge is 0.441 e. The summed E-state index contributed by atoms with van der Waals surface area (Å²) in [4.78, 5) is 0. The van der Waals surface area contributed by atoms with E-state index in [4.69, 9.17) is 4.12 Å². The van der Waals surface area contributed by atoms with E-state index in [1.165, 1.54) is 53.8 Å². The molecule has 5 aromatic carbocycles. The normalized spacial score (nSPS) is 11.6. The fourth-order valence-corrected chi connectivity index (χ4v) is 13.6. The lowest BCUT2D eigenvalue weighted by molar-refractivity contribution is 0.616. The first-order valence-corrected chi connectivity index (χ1v) is 16.9. The van der Waals surface area contributed by atoms with Crippen LogP contribution < -0.4 is 25.9 Å². The van der Waals surface area contributed by atoms with E-state index in [0.29, 0.717) is 0 Å². The molecule has 5 rings (SSSR count). The van der Waals surface area contributed by atoms with E-state index in [2.05, 4.69) is 156 Å². The molecule has 0 aliphatic heterocycles. The minimum absolute atomic E-state index is 1.26. The Balaban J connectivity index is 1.80. The fraction of sp³-hybridized carbons (Fsp3) is 0.143. The maximum Gasteiger partial charge on any atom is 0.278 e. The van der Waals surface area contributed by atoms with E-state index in [-0.39, 0.29) is 0 Å². The summed E-state index contributed by atoms with van der Waals surface area (Å²) in [6.45, 7) is 10.8. The van der Waals surface area contributed by atoms with Gasteiger partial charge in [-0.05, 0) is 60.6 Å². The van der Waals surface area contributed by atoms with Crippen molar-refractivity contribution in [1.82, 2.24) is 0 Å². The molecule has 0 aliphatic rings. The van der Waals surface area contributed by atoms with Crippen LogP contribution in [0.5, 0.6) is 0 Å². The van der Waals surface area contributed by atoms with Crippen molar-refractivity contribution in [3.8, 4) is 0 Å². The Kier molecular flexibility index (Phi) is 7.61. The van der Waals surface area contributed by atoms with Gasteiger partial charge in [0.2, 0.25) is 9.04 Å². The predicted octanol–water partition coefficient (Wildman–Crippen LogP) is 4.75. The van der Waals surface area contributed by atoms with Gasteiger partial charge < -0.3 is 4.12 Å². The van der Waals surface area contributed by atoms with Crippen LogP contribution in [0, 0.1) is 34.6 Å². The number of benzene rings is 5. The smallest absolute Gasteiger partial charge is 0.278 e. The Morgan fingerprint density at radius 2 is 0.605 bits per heavy atom. The van der Waals surface area contributed by atoms with Gasteiger partial charge >= 0.3 is 0 Å². The van der Waals surface area contributed by atoms with E-state index in [1.54, 1.807) is 0 Å². The Morgan fingerprint density at radius 1 is 0.368 bits per heavy atom. The standard InChI is InChI=1S/C35H36OSi2/c1-26-6-16-31(17-7-26)37(32-18-8-27(2)9-19-32)36-38(33-20-10-28(3)11-21-33,34-22-12-29(4)13-23-34)35-24-14-30(5)15-25-35/h6-25,37H,1-5H3. The van der Waals surface area contributed by atoms with Crippen molar-refractivity contribution in [1.29, 1.82) is 0 Å². The van der Waals surface area contributed by atoms with Gasteiger partial charge in [-0.2, -0.15) is 0 Å². The Morgan fingerprint density at radius 3 is 0.868 bits per heavy atom. The van der Waals surface area contributed by atoms with Gasteiger partial charge in [-0.15, -0.1) is 0 Å².